The maximum Gasteiger partial charge on any atom is 0.221 e. The highest BCUT2D eigenvalue weighted by atomic mass is 16.5. The predicted octanol–water partition coefficient (Wildman–Crippen LogP) is 3.62. The van der Waals surface area contributed by atoms with Crippen LogP contribution >= 0.6 is 0 Å². The summed E-state index contributed by atoms with van der Waals surface area (Å²) in [6.45, 7) is 8.29. The third kappa shape index (κ3) is 4.20. The molecule has 2 N–H and O–H groups in total. The van der Waals surface area contributed by atoms with Gasteiger partial charge in [0.2, 0.25) is 11.7 Å². The minimum absolute atomic E-state index is 0.0674. The van der Waals surface area contributed by atoms with E-state index < -0.39 is 0 Å². The van der Waals surface area contributed by atoms with Crippen LogP contribution in [0.5, 0.6) is 5.75 Å². The summed E-state index contributed by atoms with van der Waals surface area (Å²) in [6.07, 6.45) is 0.571. The van der Waals surface area contributed by atoms with Gasteiger partial charge in [0.25, 0.3) is 0 Å². The first-order chi connectivity index (χ1) is 12.2. The van der Waals surface area contributed by atoms with Crippen LogP contribution in [0.4, 0.5) is 5.69 Å². The number of hydrogen-bond donors (Lipinski definition) is 2. The van der Waals surface area contributed by atoms with E-state index in [4.69, 9.17) is 4.74 Å². The molecule has 0 saturated heterocycles. The van der Waals surface area contributed by atoms with E-state index in [2.05, 4.69) is 10.3 Å². The van der Waals surface area contributed by atoms with Crippen molar-refractivity contribution in [1.29, 1.82) is 0 Å². The first kappa shape index (κ1) is 19.4. The third-order valence-electron chi connectivity index (χ3n) is 4.08. The SMILES string of the molecule is CCc1c(C(=O)COc2cc(C)ccc2NC(C)=O)[nH]c(C)c1C(C)=O. The molecule has 6 heteroatoms. The van der Waals surface area contributed by atoms with Crippen molar-refractivity contribution in [2.45, 2.75) is 41.0 Å². The van der Waals surface area contributed by atoms with E-state index in [0.717, 1.165) is 11.1 Å². The molecule has 0 aliphatic rings. The van der Waals surface area contributed by atoms with E-state index in [9.17, 15) is 14.4 Å². The number of rotatable bonds is 7. The van der Waals surface area contributed by atoms with E-state index in [1.807, 2.05) is 19.9 Å². The van der Waals surface area contributed by atoms with Crippen molar-refractivity contribution in [3.05, 3.63) is 46.3 Å². The second-order valence-electron chi connectivity index (χ2n) is 6.28. The lowest BCUT2D eigenvalue weighted by atomic mass is 10.0. The summed E-state index contributed by atoms with van der Waals surface area (Å²) in [4.78, 5) is 38.8. The van der Waals surface area contributed by atoms with Crippen LogP contribution in [-0.2, 0) is 11.2 Å². The largest absolute Gasteiger partial charge is 0.483 e. The van der Waals surface area contributed by atoms with Crippen LogP contribution < -0.4 is 10.1 Å². The number of benzene rings is 1. The van der Waals surface area contributed by atoms with Gasteiger partial charge in [-0.05, 0) is 50.5 Å². The summed E-state index contributed by atoms with van der Waals surface area (Å²) >= 11 is 0. The van der Waals surface area contributed by atoms with Crippen molar-refractivity contribution in [2.24, 2.45) is 0 Å². The molecule has 0 spiro atoms. The summed E-state index contributed by atoms with van der Waals surface area (Å²) in [5.41, 5.74) is 3.85. The number of nitrogens with one attached hydrogen (secondary N) is 2. The molecule has 1 aromatic carbocycles. The lowest BCUT2D eigenvalue weighted by molar-refractivity contribution is -0.114. The number of anilines is 1. The number of ketones is 2. The minimum Gasteiger partial charge on any atom is -0.483 e. The fourth-order valence-electron chi connectivity index (χ4n) is 3.00. The number of carbonyl (C=O) groups is 3. The number of carbonyl (C=O) groups excluding carboxylic acids is 3. The lowest BCUT2D eigenvalue weighted by Gasteiger charge is -2.12. The highest BCUT2D eigenvalue weighted by molar-refractivity contribution is 6.04. The molecular weight excluding hydrogens is 332 g/mol. The van der Waals surface area contributed by atoms with Crippen molar-refractivity contribution in [1.82, 2.24) is 4.98 Å². The van der Waals surface area contributed by atoms with Gasteiger partial charge in [0.1, 0.15) is 5.75 Å². The van der Waals surface area contributed by atoms with Gasteiger partial charge in [-0.25, -0.2) is 0 Å². The second-order valence-corrected chi connectivity index (χ2v) is 6.28. The highest BCUT2D eigenvalue weighted by Crippen LogP contribution is 2.26. The molecular formula is C20H24N2O4. The third-order valence-corrected chi connectivity index (χ3v) is 4.08. The zero-order chi connectivity index (χ0) is 19.4. The van der Waals surface area contributed by atoms with E-state index in [-0.39, 0.29) is 24.1 Å². The first-order valence-corrected chi connectivity index (χ1v) is 8.51. The number of aromatic amines is 1. The molecule has 26 heavy (non-hydrogen) atoms. The van der Waals surface area contributed by atoms with Gasteiger partial charge in [-0.15, -0.1) is 0 Å². The number of H-pyrrole nitrogens is 1. The molecule has 1 heterocycles. The Morgan fingerprint density at radius 2 is 1.85 bits per heavy atom. The minimum atomic E-state index is -0.243. The molecule has 0 atom stereocenters. The van der Waals surface area contributed by atoms with Gasteiger partial charge in [0, 0.05) is 18.2 Å². The van der Waals surface area contributed by atoms with Gasteiger partial charge in [0.15, 0.2) is 12.4 Å². The molecule has 6 nitrogen and oxygen atoms in total. The zero-order valence-electron chi connectivity index (χ0n) is 15.8. The molecule has 0 bridgehead atoms. The van der Waals surface area contributed by atoms with Gasteiger partial charge >= 0.3 is 0 Å². The molecule has 1 amide bonds. The van der Waals surface area contributed by atoms with Crippen LogP contribution in [0.25, 0.3) is 0 Å². The van der Waals surface area contributed by atoms with E-state index >= 15 is 0 Å². The molecule has 0 fully saturated rings. The van der Waals surface area contributed by atoms with Gasteiger partial charge in [0.05, 0.1) is 11.4 Å². The van der Waals surface area contributed by atoms with Crippen molar-refractivity contribution in [3.63, 3.8) is 0 Å². The van der Waals surface area contributed by atoms with Crippen LogP contribution in [0.1, 0.15) is 58.4 Å². The number of Topliss-reactive ketones (excluding diaryl/α,β-unsaturated/α-hetero) is 2. The Bertz CT molecular complexity index is 865. The quantitative estimate of drug-likeness (QED) is 0.742. The van der Waals surface area contributed by atoms with Gasteiger partial charge in [-0.3, -0.25) is 14.4 Å². The maximum absolute atomic E-state index is 12.6. The normalized spacial score (nSPS) is 10.5. The van der Waals surface area contributed by atoms with E-state index in [0.29, 0.717) is 34.8 Å². The monoisotopic (exact) mass is 356 g/mol. The second kappa shape index (κ2) is 7.99. The molecule has 2 aromatic rings. The summed E-state index contributed by atoms with van der Waals surface area (Å²) in [6, 6.07) is 5.35. The Kier molecular flexibility index (Phi) is 5.97. The van der Waals surface area contributed by atoms with Crippen molar-refractivity contribution in [3.8, 4) is 5.75 Å². The molecule has 1 aromatic heterocycles. The smallest absolute Gasteiger partial charge is 0.221 e. The summed E-state index contributed by atoms with van der Waals surface area (Å²) < 4.78 is 5.67. The molecule has 0 unspecified atom stereocenters. The highest BCUT2D eigenvalue weighted by Gasteiger charge is 2.22. The van der Waals surface area contributed by atoms with Crippen molar-refractivity contribution < 1.29 is 19.1 Å². The number of aromatic nitrogens is 1. The predicted molar refractivity (Wildman–Crippen MR) is 100 cm³/mol. The van der Waals surface area contributed by atoms with Crippen LogP contribution in [0.2, 0.25) is 0 Å². The van der Waals surface area contributed by atoms with Crippen LogP contribution in [-0.4, -0.2) is 29.1 Å². The molecule has 0 aliphatic heterocycles. The molecule has 0 saturated carbocycles. The van der Waals surface area contributed by atoms with Gasteiger partial charge in [-0.1, -0.05) is 13.0 Å². The summed E-state index contributed by atoms with van der Waals surface area (Å²) in [5.74, 6) is -0.0963. The fourth-order valence-corrected chi connectivity index (χ4v) is 3.00. The molecule has 0 aliphatic carbocycles. The lowest BCUT2D eigenvalue weighted by Crippen LogP contribution is -2.15. The Morgan fingerprint density at radius 3 is 2.42 bits per heavy atom. The Morgan fingerprint density at radius 1 is 1.15 bits per heavy atom. The van der Waals surface area contributed by atoms with E-state index in [1.54, 1.807) is 19.1 Å². The summed E-state index contributed by atoms with van der Waals surface area (Å²) in [5, 5.41) is 2.69. The van der Waals surface area contributed by atoms with Crippen LogP contribution in [0.3, 0.4) is 0 Å². The zero-order valence-corrected chi connectivity index (χ0v) is 15.8. The molecule has 2 rings (SSSR count). The van der Waals surface area contributed by atoms with Gasteiger partial charge < -0.3 is 15.0 Å². The summed E-state index contributed by atoms with van der Waals surface area (Å²) in [7, 11) is 0. The average Bonchev–Trinajstić information content (AvgIpc) is 2.91. The molecule has 0 radical (unpaired) electrons. The van der Waals surface area contributed by atoms with Crippen LogP contribution in [0.15, 0.2) is 18.2 Å². The number of ether oxygens (including phenoxy) is 1. The Labute approximate surface area is 152 Å². The van der Waals surface area contributed by atoms with Crippen LogP contribution in [0, 0.1) is 13.8 Å². The fraction of sp³-hybridized carbons (Fsp3) is 0.350. The number of amides is 1. The number of hydrogen-bond acceptors (Lipinski definition) is 4. The Balaban J connectivity index is 2.25. The topological polar surface area (TPSA) is 88.3 Å². The average molecular weight is 356 g/mol. The van der Waals surface area contributed by atoms with Gasteiger partial charge in [-0.2, -0.15) is 0 Å². The van der Waals surface area contributed by atoms with E-state index in [1.165, 1.54) is 13.8 Å². The maximum atomic E-state index is 12.6. The first-order valence-electron chi connectivity index (χ1n) is 8.51. The van der Waals surface area contributed by atoms with Crippen molar-refractivity contribution in [2.75, 3.05) is 11.9 Å². The van der Waals surface area contributed by atoms with Crippen molar-refractivity contribution >= 4 is 23.2 Å². The standard InChI is InChI=1S/C20H24N2O4/c1-6-15-19(13(4)23)12(3)21-20(15)17(25)10-26-18-9-11(2)7-8-16(18)22-14(5)24/h7-9,21H,6,10H2,1-5H3,(H,22,24). The molecule has 138 valence electrons. The Hall–Kier alpha value is -2.89. The number of aryl methyl sites for hydroxylation is 2.